The molecule has 0 fully saturated rings. The topological polar surface area (TPSA) is 119 Å². The van der Waals surface area contributed by atoms with Crippen molar-refractivity contribution in [2.24, 2.45) is 0 Å². The number of aromatic hydroxyl groups is 1. The van der Waals surface area contributed by atoms with Gasteiger partial charge in [0.1, 0.15) is 10.8 Å². The molecule has 0 bridgehead atoms. The van der Waals surface area contributed by atoms with Crippen LogP contribution in [0.2, 0.25) is 10.0 Å². The van der Waals surface area contributed by atoms with Crippen molar-refractivity contribution >= 4 is 40.6 Å². The van der Waals surface area contributed by atoms with Gasteiger partial charge in [-0.25, -0.2) is 4.79 Å². The molecule has 0 saturated heterocycles. The Morgan fingerprint density at radius 3 is 2.62 bits per heavy atom. The molecule has 0 spiro atoms. The van der Waals surface area contributed by atoms with Crippen LogP contribution in [-0.4, -0.2) is 26.4 Å². The number of carbonyl (C=O) groups is 1. The highest BCUT2D eigenvalue weighted by atomic mass is 35.5. The van der Waals surface area contributed by atoms with E-state index in [1.807, 2.05) is 6.07 Å². The van der Waals surface area contributed by atoms with Gasteiger partial charge in [0, 0.05) is 29.2 Å². The van der Waals surface area contributed by atoms with E-state index in [2.05, 4.69) is 15.6 Å². The number of hydrogen-bond donors (Lipinski definition) is 3. The maximum absolute atomic E-state index is 13.0. The lowest BCUT2D eigenvalue weighted by atomic mass is 9.97. The quantitative estimate of drug-likeness (QED) is 0.254. The van der Waals surface area contributed by atoms with E-state index in [4.69, 9.17) is 23.2 Å². The number of rotatable bonds is 8. The number of phenolic OH excluding ortho intramolecular Hbond substituents is 1. The summed E-state index contributed by atoms with van der Waals surface area (Å²) in [6, 6.07) is 16.9. The Balaban J connectivity index is 1.54. The van der Waals surface area contributed by atoms with Gasteiger partial charge in [0.15, 0.2) is 0 Å². The molecule has 1 unspecified atom stereocenters. The number of halogens is 2. The molecule has 0 aliphatic rings. The average Bonchev–Trinajstić information content (AvgIpc) is 2.87. The predicted octanol–water partition coefficient (Wildman–Crippen LogP) is 5.62. The summed E-state index contributed by atoms with van der Waals surface area (Å²) >= 11 is 12.2. The zero-order valence-electron chi connectivity index (χ0n) is 19.4. The second-order valence-corrected chi connectivity index (χ2v) is 9.09. The highest BCUT2D eigenvalue weighted by Gasteiger charge is 2.19. The van der Waals surface area contributed by atoms with Crippen LogP contribution in [0.15, 0.2) is 90.1 Å². The second kappa shape index (κ2) is 11.7. The molecule has 188 valence electrons. The first-order chi connectivity index (χ1) is 17.8. The van der Waals surface area contributed by atoms with E-state index in [-0.39, 0.29) is 35.1 Å². The number of hydrogen-bond acceptors (Lipinski definition) is 4. The first kappa shape index (κ1) is 25.9. The van der Waals surface area contributed by atoms with Gasteiger partial charge in [0.05, 0.1) is 18.3 Å². The zero-order valence-corrected chi connectivity index (χ0v) is 20.9. The number of nitrogens with one attached hydrogen (secondary N) is 2. The number of phenols is 1. The van der Waals surface area contributed by atoms with Crippen LogP contribution in [0, 0.1) is 0 Å². The molecule has 2 amide bonds. The molecule has 0 radical (unpaired) electrons. The molecule has 2 aromatic carbocycles. The van der Waals surface area contributed by atoms with Crippen molar-refractivity contribution in [2.75, 3.05) is 5.32 Å². The van der Waals surface area contributed by atoms with Gasteiger partial charge in [-0.05, 0) is 47.9 Å². The third kappa shape index (κ3) is 6.75. The van der Waals surface area contributed by atoms with E-state index < -0.39 is 17.6 Å². The third-order valence-corrected chi connectivity index (χ3v) is 6.06. The molecule has 37 heavy (non-hydrogen) atoms. The van der Waals surface area contributed by atoms with Gasteiger partial charge < -0.3 is 25.7 Å². The summed E-state index contributed by atoms with van der Waals surface area (Å²) in [6.07, 6.45) is 4.55. The molecule has 4 aromatic rings. The summed E-state index contributed by atoms with van der Waals surface area (Å²) in [7, 11) is 0. The van der Waals surface area contributed by atoms with Crippen LogP contribution in [-0.2, 0) is 6.54 Å². The monoisotopic (exact) mass is 534 g/mol. The molecule has 10 heteroatoms. The highest BCUT2D eigenvalue weighted by molar-refractivity contribution is 6.31. The Bertz CT molecular complexity index is 1490. The van der Waals surface area contributed by atoms with Crippen LogP contribution in [0.3, 0.4) is 0 Å². The Labute approximate surface area is 223 Å². The molecule has 0 aliphatic heterocycles. The van der Waals surface area contributed by atoms with Crippen LogP contribution in [0.1, 0.15) is 29.2 Å². The number of carbonyl (C=O) groups excluding carboxylic acids is 1. The van der Waals surface area contributed by atoms with Gasteiger partial charge in [0.25, 0.3) is 5.56 Å². The number of amides is 2. The normalized spacial score (nSPS) is 11.5. The van der Waals surface area contributed by atoms with Crippen molar-refractivity contribution in [2.45, 2.75) is 19.0 Å². The fraction of sp³-hybridized carbons (Fsp3) is 0.111. The smallest absolute Gasteiger partial charge is 0.319 e. The lowest BCUT2D eigenvalue weighted by molar-refractivity contribution is 0.248. The average molecular weight is 535 g/mol. The van der Waals surface area contributed by atoms with Crippen molar-refractivity contribution in [3.8, 4) is 5.75 Å². The summed E-state index contributed by atoms with van der Waals surface area (Å²) in [5, 5.41) is 27.0. The third-order valence-electron chi connectivity index (χ3n) is 5.55. The molecule has 3 N–H and O–H groups in total. The Morgan fingerprint density at radius 1 is 1.08 bits per heavy atom. The summed E-state index contributed by atoms with van der Waals surface area (Å²) < 4.78 is 1.37. The number of nitrogens with zero attached hydrogens (tertiary/aromatic N) is 3. The van der Waals surface area contributed by atoms with E-state index in [0.29, 0.717) is 16.1 Å². The molecule has 1 atom stereocenters. The van der Waals surface area contributed by atoms with Crippen molar-refractivity contribution in [3.63, 3.8) is 0 Å². The highest BCUT2D eigenvalue weighted by Crippen LogP contribution is 2.27. The zero-order chi connectivity index (χ0) is 26.4. The summed E-state index contributed by atoms with van der Waals surface area (Å²) in [5.74, 6) is -0.0371. The fourth-order valence-corrected chi connectivity index (χ4v) is 4.25. The number of anilines is 1. The minimum Gasteiger partial charge on any atom is -0.807 e. The van der Waals surface area contributed by atoms with Crippen LogP contribution < -0.4 is 16.2 Å². The molecular formula is C27H22Cl2N5O3-. The van der Waals surface area contributed by atoms with E-state index in [1.54, 1.807) is 54.7 Å². The van der Waals surface area contributed by atoms with Crippen molar-refractivity contribution in [1.82, 2.24) is 14.9 Å². The largest absolute Gasteiger partial charge is 0.807 e. The lowest BCUT2D eigenvalue weighted by Crippen LogP contribution is -2.34. The number of benzene rings is 2. The Kier molecular flexibility index (Phi) is 8.22. The van der Waals surface area contributed by atoms with Crippen molar-refractivity contribution < 1.29 is 9.90 Å². The van der Waals surface area contributed by atoms with E-state index in [9.17, 15) is 20.1 Å². The Morgan fingerprint density at radius 2 is 1.89 bits per heavy atom. The first-order valence-corrected chi connectivity index (χ1v) is 12.0. The summed E-state index contributed by atoms with van der Waals surface area (Å²) in [4.78, 5) is 29.5. The fourth-order valence-electron chi connectivity index (χ4n) is 3.81. The number of urea groups is 1. The number of pyridine rings is 2. The van der Waals surface area contributed by atoms with Gasteiger partial charge in [-0.3, -0.25) is 9.78 Å². The van der Waals surface area contributed by atoms with Gasteiger partial charge in [-0.1, -0.05) is 59.6 Å². The second-order valence-electron chi connectivity index (χ2n) is 8.24. The van der Waals surface area contributed by atoms with Crippen LogP contribution in [0.5, 0.6) is 5.75 Å². The molecule has 2 aromatic heterocycles. The number of para-hydroxylation sites is 1. The Hall–Kier alpha value is -4.14. The SMILES string of the molecule is [N-]=C(CC(NC(=O)Nc1cc(Cl)c(=O)n(Cc2cccc(Cl)c2)c1)c1ccccc1O)c1cccnc1. The summed E-state index contributed by atoms with van der Waals surface area (Å²) in [6.45, 7) is 0.199. The van der Waals surface area contributed by atoms with Crippen LogP contribution in [0.25, 0.3) is 5.41 Å². The first-order valence-electron chi connectivity index (χ1n) is 11.2. The molecule has 0 saturated carbocycles. The minimum absolute atomic E-state index is 0.00823. The van der Waals surface area contributed by atoms with Gasteiger partial charge in [0.2, 0.25) is 0 Å². The van der Waals surface area contributed by atoms with Gasteiger partial charge in [-0.2, -0.15) is 5.71 Å². The van der Waals surface area contributed by atoms with Gasteiger partial charge in [-0.15, -0.1) is 0 Å². The van der Waals surface area contributed by atoms with E-state index in [0.717, 1.165) is 5.56 Å². The lowest BCUT2D eigenvalue weighted by Gasteiger charge is -2.24. The molecule has 8 nitrogen and oxygen atoms in total. The predicted molar refractivity (Wildman–Crippen MR) is 146 cm³/mol. The molecule has 0 aliphatic carbocycles. The standard InChI is InChI=1S/C27H22Cl2N5O3/c28-19-7-3-5-17(11-19)15-34-16-20(12-22(29)26(34)36)32-27(37)33-24(21-8-1-2-9-25(21)35)13-23(30)18-6-4-10-31-14-18/h1-12,14,16,24,35H,13,15H2,(H2,32,33,37)/q-1. The minimum atomic E-state index is -0.783. The van der Waals surface area contributed by atoms with E-state index in [1.165, 1.54) is 29.1 Å². The molecule has 4 rings (SSSR count). The van der Waals surface area contributed by atoms with Crippen LogP contribution in [0.4, 0.5) is 10.5 Å². The maximum Gasteiger partial charge on any atom is 0.319 e. The van der Waals surface area contributed by atoms with Crippen molar-refractivity contribution in [3.05, 3.63) is 128 Å². The van der Waals surface area contributed by atoms with E-state index >= 15 is 0 Å². The van der Waals surface area contributed by atoms with Crippen LogP contribution >= 0.6 is 23.2 Å². The maximum atomic E-state index is 13.0. The molecular weight excluding hydrogens is 513 g/mol. The van der Waals surface area contributed by atoms with Crippen molar-refractivity contribution in [1.29, 1.82) is 0 Å². The molecule has 2 heterocycles. The number of aromatic nitrogens is 2. The van der Waals surface area contributed by atoms with Gasteiger partial charge >= 0.3 is 6.03 Å². The summed E-state index contributed by atoms with van der Waals surface area (Å²) in [5.41, 5.74) is 1.53.